The zero-order chi connectivity index (χ0) is 13.2. The van der Waals surface area contributed by atoms with Crippen LogP contribution in [0, 0.1) is 17.3 Å². The van der Waals surface area contributed by atoms with Crippen LogP contribution in [0.5, 0.6) is 0 Å². The summed E-state index contributed by atoms with van der Waals surface area (Å²) in [5.74, 6) is -0.0139. The van der Waals surface area contributed by atoms with E-state index < -0.39 is 17.3 Å². The molecule has 0 bridgehead atoms. The summed E-state index contributed by atoms with van der Waals surface area (Å²) in [4.78, 5) is 22.9. The Bertz CT molecular complexity index is 317. The Hall–Kier alpha value is -0.710. The fraction of sp³-hybridized carbons (Fsp3) is 0.833. The minimum absolute atomic E-state index is 0.0956. The van der Waals surface area contributed by atoms with Crippen molar-refractivity contribution in [3.63, 3.8) is 0 Å². The molecule has 5 heteroatoms. The molecule has 3 atom stereocenters. The molecular weight excluding hydrogens is 238 g/mol. The maximum Gasteiger partial charge on any atom is 0.307 e. The lowest BCUT2D eigenvalue weighted by molar-refractivity contribution is -0.140. The van der Waals surface area contributed by atoms with E-state index in [2.05, 4.69) is 12.2 Å². The molecule has 0 aromatic carbocycles. The average Bonchev–Trinajstić information content (AvgIpc) is 2.78. The van der Waals surface area contributed by atoms with Crippen molar-refractivity contribution in [3.8, 4) is 0 Å². The van der Waals surface area contributed by atoms with Crippen LogP contribution in [0.3, 0.4) is 0 Å². The van der Waals surface area contributed by atoms with Gasteiger partial charge in [-0.3, -0.25) is 9.59 Å². The van der Waals surface area contributed by atoms with E-state index in [1.807, 2.05) is 20.8 Å². The number of carbonyl (C=O) groups is 2. The van der Waals surface area contributed by atoms with Gasteiger partial charge in [0.1, 0.15) is 0 Å². The standard InChI is InChI=1S/C12H21NO3S/c1-5-17-6-7(2)13-10(14)8-9(11(15)16)12(8,3)4/h7-9H,5-6H2,1-4H3,(H,13,14)(H,15,16)/t7?,8-,9+/m1/s1. The van der Waals surface area contributed by atoms with Crippen molar-refractivity contribution < 1.29 is 14.7 Å². The molecular formula is C12H21NO3S. The summed E-state index contributed by atoms with van der Waals surface area (Å²) in [6.45, 7) is 7.69. The third-order valence-electron chi connectivity index (χ3n) is 3.34. The van der Waals surface area contributed by atoms with Crippen LogP contribution in [-0.2, 0) is 9.59 Å². The Morgan fingerprint density at radius 2 is 2.00 bits per heavy atom. The number of carboxylic acid groups (broad SMARTS) is 1. The molecule has 0 radical (unpaired) electrons. The minimum Gasteiger partial charge on any atom is -0.481 e. The summed E-state index contributed by atoms with van der Waals surface area (Å²) in [6, 6.07) is 0.0956. The molecule has 1 fully saturated rings. The fourth-order valence-corrected chi connectivity index (χ4v) is 2.93. The van der Waals surface area contributed by atoms with Gasteiger partial charge in [-0.1, -0.05) is 20.8 Å². The maximum absolute atomic E-state index is 11.9. The molecule has 1 rings (SSSR count). The van der Waals surface area contributed by atoms with Crippen molar-refractivity contribution in [2.75, 3.05) is 11.5 Å². The number of aliphatic carboxylic acids is 1. The molecule has 0 aromatic rings. The molecule has 1 aliphatic carbocycles. The molecule has 1 amide bonds. The first-order valence-electron chi connectivity index (χ1n) is 5.93. The number of amides is 1. The van der Waals surface area contributed by atoms with Gasteiger partial charge in [0.05, 0.1) is 11.8 Å². The van der Waals surface area contributed by atoms with Crippen LogP contribution in [0.1, 0.15) is 27.7 Å². The highest BCUT2D eigenvalue weighted by Gasteiger charge is 2.65. The first-order chi connectivity index (χ1) is 7.82. The van der Waals surface area contributed by atoms with Crippen LogP contribution in [-0.4, -0.2) is 34.5 Å². The van der Waals surface area contributed by atoms with Crippen molar-refractivity contribution in [2.24, 2.45) is 17.3 Å². The van der Waals surface area contributed by atoms with E-state index in [-0.39, 0.29) is 17.9 Å². The fourth-order valence-electron chi connectivity index (χ4n) is 2.26. The van der Waals surface area contributed by atoms with Crippen LogP contribution in [0.2, 0.25) is 0 Å². The molecule has 17 heavy (non-hydrogen) atoms. The molecule has 0 heterocycles. The molecule has 0 aromatic heterocycles. The van der Waals surface area contributed by atoms with Crippen LogP contribution >= 0.6 is 11.8 Å². The van der Waals surface area contributed by atoms with Gasteiger partial charge in [0.25, 0.3) is 0 Å². The maximum atomic E-state index is 11.9. The summed E-state index contributed by atoms with van der Waals surface area (Å²) in [5.41, 5.74) is -0.409. The van der Waals surface area contributed by atoms with Gasteiger partial charge in [0.2, 0.25) is 5.91 Å². The SMILES string of the molecule is CCSCC(C)NC(=O)[C@H]1[C@@H](C(=O)O)C1(C)C. The van der Waals surface area contributed by atoms with E-state index in [0.29, 0.717) is 0 Å². The predicted octanol–water partition coefficient (Wildman–Crippen LogP) is 1.60. The van der Waals surface area contributed by atoms with Crippen LogP contribution in [0.15, 0.2) is 0 Å². The highest BCUT2D eigenvalue weighted by atomic mass is 32.2. The first kappa shape index (κ1) is 14.4. The van der Waals surface area contributed by atoms with Gasteiger partial charge in [-0.25, -0.2) is 0 Å². The number of carboxylic acids is 1. The van der Waals surface area contributed by atoms with Crippen molar-refractivity contribution in [2.45, 2.75) is 33.7 Å². The third kappa shape index (κ3) is 3.15. The number of nitrogens with one attached hydrogen (secondary N) is 1. The molecule has 2 N–H and O–H groups in total. The second-order valence-corrected chi connectivity index (χ2v) is 6.50. The Morgan fingerprint density at radius 1 is 1.41 bits per heavy atom. The topological polar surface area (TPSA) is 66.4 Å². The second-order valence-electron chi connectivity index (χ2n) is 5.18. The van der Waals surface area contributed by atoms with Gasteiger partial charge >= 0.3 is 5.97 Å². The molecule has 98 valence electrons. The highest BCUT2D eigenvalue weighted by molar-refractivity contribution is 7.99. The van der Waals surface area contributed by atoms with Crippen molar-refractivity contribution in [3.05, 3.63) is 0 Å². The van der Waals surface area contributed by atoms with Crippen molar-refractivity contribution in [1.82, 2.24) is 5.32 Å². The Morgan fingerprint density at radius 3 is 2.41 bits per heavy atom. The number of carbonyl (C=O) groups excluding carboxylic acids is 1. The third-order valence-corrected chi connectivity index (χ3v) is 4.48. The minimum atomic E-state index is -0.870. The zero-order valence-electron chi connectivity index (χ0n) is 10.8. The first-order valence-corrected chi connectivity index (χ1v) is 7.08. The molecule has 4 nitrogen and oxygen atoms in total. The number of thioether (sulfide) groups is 1. The largest absolute Gasteiger partial charge is 0.481 e. The molecule has 1 saturated carbocycles. The van der Waals surface area contributed by atoms with Gasteiger partial charge in [-0.05, 0) is 18.1 Å². The average molecular weight is 259 g/mol. The van der Waals surface area contributed by atoms with E-state index in [9.17, 15) is 9.59 Å². The van der Waals surface area contributed by atoms with E-state index in [4.69, 9.17) is 5.11 Å². The van der Waals surface area contributed by atoms with Crippen LogP contribution < -0.4 is 5.32 Å². The molecule has 0 aliphatic heterocycles. The number of hydrogen-bond donors (Lipinski definition) is 2. The van der Waals surface area contributed by atoms with Gasteiger partial charge < -0.3 is 10.4 Å². The molecule has 0 spiro atoms. The van der Waals surface area contributed by atoms with Gasteiger partial charge in [0, 0.05) is 11.8 Å². The number of hydrogen-bond acceptors (Lipinski definition) is 3. The highest BCUT2D eigenvalue weighted by Crippen LogP contribution is 2.58. The van der Waals surface area contributed by atoms with Crippen LogP contribution in [0.25, 0.3) is 0 Å². The lowest BCUT2D eigenvalue weighted by Gasteiger charge is -2.13. The van der Waals surface area contributed by atoms with E-state index >= 15 is 0 Å². The predicted molar refractivity (Wildman–Crippen MR) is 69.0 cm³/mol. The Labute approximate surface area is 107 Å². The van der Waals surface area contributed by atoms with E-state index in [1.54, 1.807) is 11.8 Å². The molecule has 1 unspecified atom stereocenters. The van der Waals surface area contributed by atoms with Gasteiger partial charge in [0.15, 0.2) is 0 Å². The summed E-state index contributed by atoms with van der Waals surface area (Å²) < 4.78 is 0. The summed E-state index contributed by atoms with van der Waals surface area (Å²) in [6.07, 6.45) is 0. The van der Waals surface area contributed by atoms with E-state index in [0.717, 1.165) is 11.5 Å². The Kier molecular flexibility index (Phi) is 4.47. The monoisotopic (exact) mass is 259 g/mol. The lowest BCUT2D eigenvalue weighted by Crippen LogP contribution is -2.36. The smallest absolute Gasteiger partial charge is 0.307 e. The number of rotatable bonds is 6. The van der Waals surface area contributed by atoms with Gasteiger partial charge in [-0.15, -0.1) is 0 Å². The molecule has 1 aliphatic rings. The Balaban J connectivity index is 2.47. The normalized spacial score (nSPS) is 27.3. The second kappa shape index (κ2) is 5.29. The summed E-state index contributed by atoms with van der Waals surface area (Å²) in [5, 5.41) is 11.9. The van der Waals surface area contributed by atoms with Crippen molar-refractivity contribution in [1.29, 1.82) is 0 Å². The summed E-state index contributed by atoms with van der Waals surface area (Å²) in [7, 11) is 0. The zero-order valence-corrected chi connectivity index (χ0v) is 11.6. The quantitative estimate of drug-likeness (QED) is 0.760. The summed E-state index contributed by atoms with van der Waals surface area (Å²) >= 11 is 1.77. The molecule has 0 saturated heterocycles. The van der Waals surface area contributed by atoms with Crippen LogP contribution in [0.4, 0.5) is 0 Å². The van der Waals surface area contributed by atoms with E-state index in [1.165, 1.54) is 0 Å². The van der Waals surface area contributed by atoms with Crippen molar-refractivity contribution >= 4 is 23.6 Å². The van der Waals surface area contributed by atoms with Gasteiger partial charge in [-0.2, -0.15) is 11.8 Å². The lowest BCUT2D eigenvalue weighted by atomic mass is 10.1.